The molecule has 0 saturated heterocycles. The zero-order valence-corrected chi connectivity index (χ0v) is 9.77. The Morgan fingerprint density at radius 3 is 2.29 bits per heavy atom. The summed E-state index contributed by atoms with van der Waals surface area (Å²) in [4.78, 5) is 12.2. The van der Waals surface area contributed by atoms with E-state index in [2.05, 4.69) is 12.1 Å². The largest absolute Gasteiger partial charge is 0.458 e. The Morgan fingerprint density at radius 2 is 1.76 bits per heavy atom. The number of aryl methyl sites for hydroxylation is 1. The molecule has 0 amide bonds. The first-order valence-corrected chi connectivity index (χ1v) is 5.91. The molecule has 2 heteroatoms. The lowest BCUT2D eigenvalue weighted by Crippen LogP contribution is -2.14. The first-order valence-electron chi connectivity index (χ1n) is 5.91. The van der Waals surface area contributed by atoms with Gasteiger partial charge in [0.1, 0.15) is 5.76 Å². The smallest absolute Gasteiger partial charge is 0.201 e. The highest BCUT2D eigenvalue weighted by molar-refractivity contribution is 5.96. The topological polar surface area (TPSA) is 30.2 Å². The normalized spacial score (nSPS) is 14.9. The second kappa shape index (κ2) is 3.88. The van der Waals surface area contributed by atoms with Crippen LogP contribution >= 0.6 is 0 Å². The average Bonchev–Trinajstić information content (AvgIpc) is 2.93. The van der Waals surface area contributed by atoms with Gasteiger partial charge in [0.25, 0.3) is 0 Å². The number of rotatable bonds is 2. The Hall–Kier alpha value is -1.83. The SMILES string of the molecule is Cc1ccc(C(=O)C2Cc3ccccc3C2)o1. The van der Waals surface area contributed by atoms with E-state index in [1.807, 2.05) is 25.1 Å². The van der Waals surface area contributed by atoms with Crippen molar-refractivity contribution in [3.63, 3.8) is 0 Å². The Morgan fingerprint density at radius 1 is 1.12 bits per heavy atom. The number of benzene rings is 1. The van der Waals surface area contributed by atoms with Crippen molar-refractivity contribution < 1.29 is 9.21 Å². The summed E-state index contributed by atoms with van der Waals surface area (Å²) >= 11 is 0. The predicted octanol–water partition coefficient (Wildman–Crippen LogP) is 3.19. The minimum absolute atomic E-state index is 0.0537. The van der Waals surface area contributed by atoms with Crippen molar-refractivity contribution in [3.05, 3.63) is 59.0 Å². The van der Waals surface area contributed by atoms with E-state index < -0.39 is 0 Å². The molecule has 0 N–H and O–H groups in total. The Labute approximate surface area is 100 Å². The maximum atomic E-state index is 12.2. The summed E-state index contributed by atoms with van der Waals surface area (Å²) in [5.74, 6) is 1.48. The van der Waals surface area contributed by atoms with Gasteiger partial charge in [-0.25, -0.2) is 0 Å². The van der Waals surface area contributed by atoms with Crippen LogP contribution in [-0.4, -0.2) is 5.78 Å². The first kappa shape index (κ1) is 10.3. The molecular weight excluding hydrogens is 212 g/mol. The number of carbonyl (C=O) groups excluding carboxylic acids is 1. The highest BCUT2D eigenvalue weighted by Gasteiger charge is 2.29. The van der Waals surface area contributed by atoms with Crippen molar-refractivity contribution in [2.24, 2.45) is 5.92 Å². The van der Waals surface area contributed by atoms with E-state index in [1.165, 1.54) is 11.1 Å². The third-order valence-corrected chi connectivity index (χ3v) is 3.41. The average molecular weight is 226 g/mol. The fraction of sp³-hybridized carbons (Fsp3) is 0.267. The number of hydrogen-bond donors (Lipinski definition) is 0. The van der Waals surface area contributed by atoms with Crippen LogP contribution in [0.2, 0.25) is 0 Å². The number of hydrogen-bond acceptors (Lipinski definition) is 2. The quantitative estimate of drug-likeness (QED) is 0.736. The van der Waals surface area contributed by atoms with Crippen LogP contribution in [0.15, 0.2) is 40.8 Å². The van der Waals surface area contributed by atoms with Crippen molar-refractivity contribution >= 4 is 5.78 Å². The van der Waals surface area contributed by atoms with Gasteiger partial charge in [-0.05, 0) is 43.0 Å². The Kier molecular flexibility index (Phi) is 2.36. The van der Waals surface area contributed by atoms with Crippen molar-refractivity contribution in [3.8, 4) is 0 Å². The molecule has 2 nitrogen and oxygen atoms in total. The van der Waals surface area contributed by atoms with Crippen molar-refractivity contribution in [2.45, 2.75) is 19.8 Å². The standard InChI is InChI=1S/C15H14O2/c1-10-6-7-14(17-10)15(16)13-8-11-4-2-3-5-12(11)9-13/h2-7,13H,8-9H2,1H3. The lowest BCUT2D eigenvalue weighted by atomic mass is 9.99. The number of fused-ring (bicyclic) bond motifs is 1. The molecule has 0 saturated carbocycles. The molecule has 0 atom stereocenters. The van der Waals surface area contributed by atoms with Crippen LogP contribution in [0.5, 0.6) is 0 Å². The molecule has 1 aliphatic rings. The van der Waals surface area contributed by atoms with Crippen LogP contribution in [0.4, 0.5) is 0 Å². The van der Waals surface area contributed by atoms with Crippen molar-refractivity contribution in [2.75, 3.05) is 0 Å². The zero-order valence-electron chi connectivity index (χ0n) is 9.77. The molecule has 1 heterocycles. The van der Waals surface area contributed by atoms with Crippen LogP contribution in [0, 0.1) is 12.8 Å². The molecule has 0 bridgehead atoms. The lowest BCUT2D eigenvalue weighted by Gasteiger charge is -2.04. The first-order chi connectivity index (χ1) is 8.24. The van der Waals surface area contributed by atoms with Gasteiger partial charge in [0.2, 0.25) is 5.78 Å². The number of carbonyl (C=O) groups is 1. The van der Waals surface area contributed by atoms with Gasteiger partial charge in [-0.2, -0.15) is 0 Å². The van der Waals surface area contributed by atoms with Crippen LogP contribution in [0.25, 0.3) is 0 Å². The zero-order chi connectivity index (χ0) is 11.8. The molecule has 3 rings (SSSR count). The third-order valence-electron chi connectivity index (χ3n) is 3.41. The molecular formula is C15H14O2. The fourth-order valence-electron chi connectivity index (χ4n) is 2.51. The van der Waals surface area contributed by atoms with Gasteiger partial charge < -0.3 is 4.42 Å². The summed E-state index contributed by atoms with van der Waals surface area (Å²) in [6.45, 7) is 1.86. The van der Waals surface area contributed by atoms with E-state index in [-0.39, 0.29) is 11.7 Å². The molecule has 17 heavy (non-hydrogen) atoms. The summed E-state index contributed by atoms with van der Waals surface area (Å²) in [7, 11) is 0. The van der Waals surface area contributed by atoms with E-state index in [0.717, 1.165) is 18.6 Å². The van der Waals surface area contributed by atoms with E-state index in [0.29, 0.717) is 5.76 Å². The summed E-state index contributed by atoms with van der Waals surface area (Å²) in [6, 6.07) is 11.9. The lowest BCUT2D eigenvalue weighted by molar-refractivity contribution is 0.0895. The number of ketones is 1. The van der Waals surface area contributed by atoms with Crippen molar-refractivity contribution in [1.82, 2.24) is 0 Å². The molecule has 1 aromatic heterocycles. The molecule has 0 unspecified atom stereocenters. The van der Waals surface area contributed by atoms with Crippen LogP contribution in [0.3, 0.4) is 0 Å². The second-order valence-electron chi connectivity index (χ2n) is 4.65. The molecule has 86 valence electrons. The molecule has 0 fully saturated rings. The van der Waals surface area contributed by atoms with E-state index >= 15 is 0 Å². The summed E-state index contributed by atoms with van der Waals surface area (Å²) in [6.07, 6.45) is 1.68. The Balaban J connectivity index is 1.83. The maximum absolute atomic E-state index is 12.2. The Bertz CT molecular complexity index is 541. The summed E-state index contributed by atoms with van der Waals surface area (Å²) < 4.78 is 5.41. The monoisotopic (exact) mass is 226 g/mol. The highest BCUT2D eigenvalue weighted by atomic mass is 16.3. The van der Waals surface area contributed by atoms with Gasteiger partial charge in [0.15, 0.2) is 5.76 Å². The van der Waals surface area contributed by atoms with Crippen LogP contribution < -0.4 is 0 Å². The van der Waals surface area contributed by atoms with Gasteiger partial charge in [0.05, 0.1) is 0 Å². The van der Waals surface area contributed by atoms with Gasteiger partial charge in [-0.15, -0.1) is 0 Å². The maximum Gasteiger partial charge on any atom is 0.201 e. The van der Waals surface area contributed by atoms with Gasteiger partial charge in [-0.3, -0.25) is 4.79 Å². The summed E-state index contributed by atoms with van der Waals surface area (Å²) in [5.41, 5.74) is 2.60. The van der Waals surface area contributed by atoms with E-state index in [4.69, 9.17) is 4.42 Å². The number of Topliss-reactive ketones (excluding diaryl/α,β-unsaturated/α-hetero) is 1. The van der Waals surface area contributed by atoms with E-state index in [1.54, 1.807) is 6.07 Å². The fourth-order valence-corrected chi connectivity index (χ4v) is 2.51. The van der Waals surface area contributed by atoms with Gasteiger partial charge in [-0.1, -0.05) is 24.3 Å². The molecule has 2 aromatic rings. The van der Waals surface area contributed by atoms with E-state index in [9.17, 15) is 4.79 Å². The molecule has 1 aliphatic carbocycles. The van der Waals surface area contributed by atoms with Crippen LogP contribution in [0.1, 0.15) is 27.4 Å². The minimum Gasteiger partial charge on any atom is -0.458 e. The molecule has 0 aliphatic heterocycles. The molecule has 0 spiro atoms. The van der Waals surface area contributed by atoms with Gasteiger partial charge >= 0.3 is 0 Å². The van der Waals surface area contributed by atoms with Crippen molar-refractivity contribution in [1.29, 1.82) is 0 Å². The highest BCUT2D eigenvalue weighted by Crippen LogP contribution is 2.29. The van der Waals surface area contributed by atoms with Gasteiger partial charge in [0, 0.05) is 5.92 Å². The van der Waals surface area contributed by atoms with Crippen LogP contribution in [-0.2, 0) is 12.8 Å². The summed E-state index contributed by atoms with van der Waals surface area (Å²) in [5, 5.41) is 0. The predicted molar refractivity (Wildman–Crippen MR) is 65.1 cm³/mol. The molecule has 1 aromatic carbocycles. The molecule has 0 radical (unpaired) electrons. The minimum atomic E-state index is 0.0537. The third kappa shape index (κ3) is 1.80. The number of furan rings is 1. The second-order valence-corrected chi connectivity index (χ2v) is 4.65.